The summed E-state index contributed by atoms with van der Waals surface area (Å²) in [7, 11) is 0. The Bertz CT molecular complexity index is 132. The summed E-state index contributed by atoms with van der Waals surface area (Å²) in [4.78, 5) is 13.3. The minimum Gasteiger partial charge on any atom is -0.211 e. The number of aliphatic imine (C=N–C) groups is 1. The molecule has 0 amide bonds. The van der Waals surface area contributed by atoms with Crippen LogP contribution in [-0.4, -0.2) is 12.6 Å². The quantitative estimate of drug-likeness (QED) is 0.422. The molecule has 0 heterocycles. The molecule has 0 saturated heterocycles. The average molecular weight is 138 g/mol. The second-order valence-electron chi connectivity index (χ2n) is 2.75. The van der Waals surface area contributed by atoms with Gasteiger partial charge in [0.1, 0.15) is 0 Å². The maximum atomic E-state index is 9.75. The Morgan fingerprint density at radius 3 is 3.20 bits per heavy atom. The van der Waals surface area contributed by atoms with E-state index >= 15 is 0 Å². The summed E-state index contributed by atoms with van der Waals surface area (Å²) in [6.45, 7) is 0.681. The molecule has 0 aliphatic heterocycles. The van der Waals surface area contributed by atoms with Crippen LogP contribution in [0.1, 0.15) is 25.7 Å². The summed E-state index contributed by atoms with van der Waals surface area (Å²) in [5, 5.41) is 0. The van der Waals surface area contributed by atoms with Gasteiger partial charge in [0.2, 0.25) is 6.08 Å². The molecule has 10 heavy (non-hydrogen) atoms. The van der Waals surface area contributed by atoms with Gasteiger partial charge in [-0.25, -0.2) is 9.79 Å². The summed E-state index contributed by atoms with van der Waals surface area (Å²) in [6, 6.07) is 0. The zero-order valence-electron chi connectivity index (χ0n) is 6.05. The summed E-state index contributed by atoms with van der Waals surface area (Å²) >= 11 is 0. The lowest BCUT2D eigenvalue weighted by molar-refractivity contribution is 0.422. The van der Waals surface area contributed by atoms with Crippen LogP contribution in [0, 0.1) is 12.3 Å². The Morgan fingerprint density at radius 2 is 2.60 bits per heavy atom. The van der Waals surface area contributed by atoms with Crippen LogP contribution in [0.5, 0.6) is 0 Å². The van der Waals surface area contributed by atoms with Crippen LogP contribution >= 0.6 is 0 Å². The lowest BCUT2D eigenvalue weighted by Crippen LogP contribution is -2.09. The van der Waals surface area contributed by atoms with E-state index in [4.69, 9.17) is 0 Å². The van der Waals surface area contributed by atoms with E-state index in [1.165, 1.54) is 19.3 Å². The third-order valence-corrected chi connectivity index (χ3v) is 1.93. The van der Waals surface area contributed by atoms with Gasteiger partial charge in [-0.3, -0.25) is 0 Å². The molecule has 0 aromatic rings. The van der Waals surface area contributed by atoms with Crippen LogP contribution in [0.3, 0.4) is 0 Å². The lowest BCUT2D eigenvalue weighted by atomic mass is 9.89. The average Bonchev–Trinajstić information content (AvgIpc) is 2.03. The fraction of sp³-hybridized carbons (Fsp3) is 0.750. The second kappa shape index (κ2) is 4.24. The van der Waals surface area contributed by atoms with Gasteiger partial charge in [0.15, 0.2) is 0 Å². The Labute approximate surface area is 61.3 Å². The first-order valence-corrected chi connectivity index (χ1v) is 3.79. The molecule has 2 nitrogen and oxygen atoms in total. The van der Waals surface area contributed by atoms with E-state index < -0.39 is 0 Å². The predicted octanol–water partition coefficient (Wildman–Crippen LogP) is 1.72. The molecule has 0 spiro atoms. The van der Waals surface area contributed by atoms with E-state index in [2.05, 4.69) is 11.4 Å². The zero-order valence-corrected chi connectivity index (χ0v) is 6.05. The van der Waals surface area contributed by atoms with Gasteiger partial charge in [-0.05, 0) is 25.2 Å². The van der Waals surface area contributed by atoms with Gasteiger partial charge in [-0.2, -0.15) is 0 Å². The van der Waals surface area contributed by atoms with Gasteiger partial charge in [0, 0.05) is 0 Å². The van der Waals surface area contributed by atoms with Crippen molar-refractivity contribution in [1.82, 2.24) is 0 Å². The Kier molecular flexibility index (Phi) is 3.17. The van der Waals surface area contributed by atoms with Crippen molar-refractivity contribution in [3.63, 3.8) is 0 Å². The zero-order chi connectivity index (χ0) is 7.23. The maximum Gasteiger partial charge on any atom is 0.234 e. The first kappa shape index (κ1) is 7.49. The van der Waals surface area contributed by atoms with Crippen molar-refractivity contribution in [1.29, 1.82) is 0 Å². The molecular formula is C8H12NO. The molecular weight excluding hydrogens is 126 g/mol. The number of rotatable bonds is 2. The van der Waals surface area contributed by atoms with Crippen LogP contribution < -0.4 is 0 Å². The van der Waals surface area contributed by atoms with E-state index in [1.54, 1.807) is 6.08 Å². The van der Waals surface area contributed by atoms with Crippen LogP contribution in [0.4, 0.5) is 0 Å². The molecule has 1 atom stereocenters. The summed E-state index contributed by atoms with van der Waals surface area (Å²) < 4.78 is 0. The van der Waals surface area contributed by atoms with E-state index in [1.807, 2.05) is 0 Å². The van der Waals surface area contributed by atoms with Crippen LogP contribution in [0.15, 0.2) is 4.99 Å². The fourth-order valence-electron chi connectivity index (χ4n) is 1.35. The number of hydrogen-bond acceptors (Lipinski definition) is 2. The largest absolute Gasteiger partial charge is 0.234 e. The first-order valence-electron chi connectivity index (χ1n) is 3.79. The highest BCUT2D eigenvalue weighted by molar-refractivity contribution is 5.32. The van der Waals surface area contributed by atoms with E-state index in [9.17, 15) is 4.79 Å². The molecule has 55 valence electrons. The van der Waals surface area contributed by atoms with Gasteiger partial charge >= 0.3 is 0 Å². The first-order chi connectivity index (χ1) is 4.93. The molecule has 1 radical (unpaired) electrons. The summed E-state index contributed by atoms with van der Waals surface area (Å²) in [6.07, 6.45) is 8.72. The van der Waals surface area contributed by atoms with Gasteiger partial charge in [0.25, 0.3) is 0 Å². The number of hydrogen-bond donors (Lipinski definition) is 0. The topological polar surface area (TPSA) is 29.4 Å². The molecule has 1 fully saturated rings. The highest BCUT2D eigenvalue weighted by Crippen LogP contribution is 2.22. The van der Waals surface area contributed by atoms with Crippen molar-refractivity contribution in [2.75, 3.05) is 6.54 Å². The van der Waals surface area contributed by atoms with Gasteiger partial charge in [-0.15, -0.1) is 0 Å². The van der Waals surface area contributed by atoms with Crippen LogP contribution in [0.2, 0.25) is 0 Å². The third kappa shape index (κ3) is 2.32. The lowest BCUT2D eigenvalue weighted by Gasteiger charge is -2.18. The maximum absolute atomic E-state index is 9.75. The fourth-order valence-corrected chi connectivity index (χ4v) is 1.35. The SMILES string of the molecule is O=C=NCC1C[CH]CCC1. The molecule has 1 aliphatic carbocycles. The van der Waals surface area contributed by atoms with E-state index in [0.717, 1.165) is 6.42 Å². The van der Waals surface area contributed by atoms with Crippen LogP contribution in [0.25, 0.3) is 0 Å². The van der Waals surface area contributed by atoms with Gasteiger partial charge in [-0.1, -0.05) is 12.8 Å². The standard InChI is InChI=1S/C8H12NO/c10-7-9-6-8-4-2-1-3-5-8/h2,8H,1,3-6H2. The Balaban J connectivity index is 2.19. The number of carbonyl (C=O) groups excluding carboxylic acids is 1. The molecule has 0 aromatic carbocycles. The van der Waals surface area contributed by atoms with Crippen molar-refractivity contribution >= 4 is 6.08 Å². The molecule has 0 N–H and O–H groups in total. The third-order valence-electron chi connectivity index (χ3n) is 1.93. The summed E-state index contributed by atoms with van der Waals surface area (Å²) in [5.74, 6) is 0.621. The van der Waals surface area contributed by atoms with Crippen LogP contribution in [-0.2, 0) is 4.79 Å². The molecule has 1 unspecified atom stereocenters. The van der Waals surface area contributed by atoms with Crippen molar-refractivity contribution in [3.05, 3.63) is 6.42 Å². The van der Waals surface area contributed by atoms with E-state index in [-0.39, 0.29) is 0 Å². The van der Waals surface area contributed by atoms with Crippen molar-refractivity contribution in [3.8, 4) is 0 Å². The molecule has 2 heteroatoms. The minimum absolute atomic E-state index is 0.621. The van der Waals surface area contributed by atoms with E-state index in [0.29, 0.717) is 12.5 Å². The molecule has 0 aromatic heterocycles. The molecule has 1 aliphatic rings. The molecule has 1 rings (SSSR count). The number of isocyanates is 1. The number of nitrogens with zero attached hydrogens (tertiary/aromatic N) is 1. The Morgan fingerprint density at radius 1 is 1.70 bits per heavy atom. The second-order valence-corrected chi connectivity index (χ2v) is 2.75. The normalized spacial score (nSPS) is 20.0. The Hall–Kier alpha value is -0.620. The highest BCUT2D eigenvalue weighted by Gasteiger charge is 2.11. The highest BCUT2D eigenvalue weighted by atomic mass is 16.1. The van der Waals surface area contributed by atoms with Gasteiger partial charge in [0.05, 0.1) is 6.54 Å². The molecule has 0 bridgehead atoms. The van der Waals surface area contributed by atoms with Crippen molar-refractivity contribution in [2.45, 2.75) is 25.7 Å². The monoisotopic (exact) mass is 138 g/mol. The van der Waals surface area contributed by atoms with Crippen molar-refractivity contribution < 1.29 is 4.79 Å². The minimum atomic E-state index is 0.621. The summed E-state index contributed by atoms with van der Waals surface area (Å²) in [5.41, 5.74) is 0. The smallest absolute Gasteiger partial charge is 0.211 e. The van der Waals surface area contributed by atoms with Gasteiger partial charge < -0.3 is 0 Å². The predicted molar refractivity (Wildman–Crippen MR) is 39.2 cm³/mol. The van der Waals surface area contributed by atoms with Crippen molar-refractivity contribution in [2.24, 2.45) is 10.9 Å². The molecule has 1 saturated carbocycles.